The van der Waals surface area contributed by atoms with Gasteiger partial charge >= 0.3 is 0 Å². The van der Waals surface area contributed by atoms with E-state index in [0.717, 1.165) is 242 Å². The molecule has 0 aliphatic carbocycles. The van der Waals surface area contributed by atoms with Gasteiger partial charge in [-0.3, -0.25) is 0 Å². The van der Waals surface area contributed by atoms with Crippen molar-refractivity contribution >= 4 is 164 Å². The van der Waals surface area contributed by atoms with Crippen LogP contribution in [-0.4, -0.2) is 102 Å². The van der Waals surface area contributed by atoms with Crippen LogP contribution in [0, 0.1) is 13.8 Å². The molecule has 0 spiro atoms. The number of hydrogen-bond acceptors (Lipinski definition) is 13. The summed E-state index contributed by atoms with van der Waals surface area (Å²) in [5, 5.41) is 26.6. The number of fused-ring (bicyclic) bond motifs is 12. The maximum Gasteiger partial charge on any atom is 0.135 e. The summed E-state index contributed by atoms with van der Waals surface area (Å²) < 4.78 is 78.0. The number of para-hydroxylation sites is 1. The first kappa shape index (κ1) is 103. The lowest BCUT2D eigenvalue weighted by atomic mass is 9.96. The van der Waals surface area contributed by atoms with Crippen molar-refractivity contribution in [3.05, 3.63) is 313 Å². The highest BCUT2D eigenvalue weighted by molar-refractivity contribution is 6.32. The smallest absolute Gasteiger partial charge is 0.135 e. The Labute approximate surface area is 824 Å². The maximum absolute atomic E-state index is 6.18. The molecule has 19 aromatic carbocycles. The Morgan fingerprint density at radius 3 is 0.659 bits per heavy atom. The van der Waals surface area contributed by atoms with Crippen LogP contribution < -0.4 is 61.6 Å². The third kappa shape index (κ3) is 23.1. The van der Waals surface area contributed by atoms with Crippen molar-refractivity contribution in [1.29, 1.82) is 0 Å². The van der Waals surface area contributed by atoms with Crippen LogP contribution in [0.3, 0.4) is 0 Å². The first-order valence-electron chi connectivity index (χ1n) is 47.6. The molecule has 15 nitrogen and oxygen atoms in total. The number of rotatable bonds is 31. The van der Waals surface area contributed by atoms with Crippen molar-refractivity contribution in [3.8, 4) is 80.5 Å². The minimum atomic E-state index is 0. The van der Waals surface area contributed by atoms with Gasteiger partial charge in [-0.05, 0) is 172 Å². The van der Waals surface area contributed by atoms with E-state index in [0.29, 0.717) is 82.9 Å². The number of benzene rings is 19. The number of halogens is 3. The monoisotopic (exact) mass is 1910 g/mol. The fourth-order valence-electron chi connectivity index (χ4n) is 17.4. The summed E-state index contributed by atoms with van der Waals surface area (Å²) in [4.78, 5) is 0. The number of alkyl halides is 2. The molecule has 0 heterocycles. The van der Waals surface area contributed by atoms with E-state index in [9.17, 15) is 0 Å². The molecular weight excluding hydrogens is 1790 g/mol. The summed E-state index contributed by atoms with van der Waals surface area (Å²) in [6.07, 6.45) is 3.01. The Morgan fingerprint density at radius 2 is 0.406 bits per heavy atom. The molecule has 19 aromatic rings. The Morgan fingerprint density at radius 1 is 0.196 bits per heavy atom. The molecule has 0 fully saturated rings. The van der Waals surface area contributed by atoms with Crippen LogP contribution in [0.2, 0.25) is 5.02 Å². The predicted molar refractivity (Wildman–Crippen MR) is 580 cm³/mol. The second-order valence-corrected chi connectivity index (χ2v) is 33.3. The Hall–Kier alpha value is -13.5. The van der Waals surface area contributed by atoms with E-state index in [1.54, 1.807) is 0 Å². The van der Waals surface area contributed by atoms with Crippen molar-refractivity contribution in [2.24, 2.45) is 0 Å². The summed E-state index contributed by atoms with van der Waals surface area (Å²) in [5.41, 5.74) is 3.85. The van der Waals surface area contributed by atoms with E-state index in [1.165, 1.54) is 16.7 Å². The normalized spacial score (nSPS) is 10.8. The number of ether oxygens (including phenoxy) is 13. The van der Waals surface area contributed by atoms with Crippen molar-refractivity contribution in [3.63, 3.8) is 0 Å². The summed E-state index contributed by atoms with van der Waals surface area (Å²) in [7, 11) is 0. The van der Waals surface area contributed by atoms with Gasteiger partial charge in [-0.2, -0.15) is 0 Å². The fourth-order valence-corrected chi connectivity index (χ4v) is 17.7. The Balaban J connectivity index is 0.000000148. The van der Waals surface area contributed by atoms with E-state index in [-0.39, 0.29) is 11.0 Å². The molecule has 0 aliphatic rings. The lowest BCUT2D eigenvalue weighted by molar-refractivity contribution is 0.319. The van der Waals surface area contributed by atoms with Gasteiger partial charge in [0.05, 0.1) is 77.8 Å². The van der Waals surface area contributed by atoms with Crippen LogP contribution in [0.5, 0.6) is 80.5 Å². The lowest BCUT2D eigenvalue weighted by Crippen LogP contribution is -2.03. The molecule has 0 radical (unpaired) electrons. The molecular formula is C120H125Cl3O15. The predicted octanol–water partition coefficient (Wildman–Crippen LogP) is 31.9. The molecule has 18 heteroatoms. The Bertz CT molecular complexity index is 6860. The fraction of sp³-hybridized carbons (Fsp3) is 0.250. The molecule has 0 saturated heterocycles. The molecule has 716 valence electrons. The molecule has 0 saturated carbocycles. The highest BCUT2D eigenvalue weighted by atomic mass is 35.5. The zero-order chi connectivity index (χ0) is 95.4. The topological polar surface area (TPSA) is 183 Å². The number of aryl methyl sites for hydroxylation is 3. The van der Waals surface area contributed by atoms with E-state index in [4.69, 9.17) is 96.4 Å². The first-order valence-corrected chi connectivity index (χ1v) is 49.0. The van der Waals surface area contributed by atoms with Crippen LogP contribution in [0.25, 0.3) is 129 Å². The van der Waals surface area contributed by atoms with E-state index in [2.05, 4.69) is 168 Å². The summed E-state index contributed by atoms with van der Waals surface area (Å²) in [5.74, 6) is 13.5. The summed E-state index contributed by atoms with van der Waals surface area (Å²) in [6, 6.07) is 98.5. The van der Waals surface area contributed by atoms with Crippen LogP contribution in [0.1, 0.15) is 106 Å². The third-order valence-electron chi connectivity index (χ3n) is 23.2. The lowest BCUT2D eigenvalue weighted by Gasteiger charge is -2.18. The van der Waals surface area contributed by atoms with Gasteiger partial charge in [0.15, 0.2) is 0 Å². The molecule has 4 N–H and O–H groups in total. The van der Waals surface area contributed by atoms with Crippen LogP contribution in [-0.2, 0) is 6.42 Å². The molecule has 19 rings (SSSR count). The zero-order valence-corrected chi connectivity index (χ0v) is 83.4. The molecule has 0 amide bonds. The van der Waals surface area contributed by atoms with Gasteiger partial charge in [0, 0.05) is 134 Å². The van der Waals surface area contributed by atoms with Gasteiger partial charge < -0.3 is 72.5 Å². The first-order chi connectivity index (χ1) is 66.8. The molecule has 0 unspecified atom stereocenters. The molecule has 0 bridgehead atoms. The minimum absolute atomic E-state index is 0. The van der Waals surface area contributed by atoms with E-state index >= 15 is 0 Å². The van der Waals surface area contributed by atoms with Crippen LogP contribution >= 0.6 is 34.8 Å². The molecule has 0 aromatic heterocycles. The number of hydrogen-bond donors (Lipinski definition) is 0. The van der Waals surface area contributed by atoms with E-state index in [1.807, 2.05) is 213 Å². The molecule has 0 atom stereocenters. The van der Waals surface area contributed by atoms with Gasteiger partial charge in [0.1, 0.15) is 93.7 Å². The van der Waals surface area contributed by atoms with Crippen LogP contribution in [0.15, 0.2) is 291 Å². The third-order valence-corrected chi connectivity index (χ3v) is 23.8. The van der Waals surface area contributed by atoms with Gasteiger partial charge in [-0.25, -0.2) is 0 Å². The Kier molecular flexibility index (Phi) is 38.3. The second-order valence-electron chi connectivity index (χ2n) is 32.1. The van der Waals surface area contributed by atoms with Crippen molar-refractivity contribution in [1.82, 2.24) is 0 Å². The van der Waals surface area contributed by atoms with Gasteiger partial charge in [-0.15, -0.1) is 23.2 Å². The van der Waals surface area contributed by atoms with Crippen molar-refractivity contribution < 1.29 is 72.5 Å². The highest BCUT2D eigenvalue weighted by Crippen LogP contribution is 2.51. The minimum Gasteiger partial charge on any atom is -0.493 e. The quantitative estimate of drug-likeness (QED) is 0.0296. The van der Waals surface area contributed by atoms with E-state index < -0.39 is 0 Å². The average molecular weight is 1910 g/mol. The van der Waals surface area contributed by atoms with Crippen molar-refractivity contribution in [2.75, 3.05) is 91.0 Å². The maximum atomic E-state index is 6.18. The second kappa shape index (κ2) is 51.1. The summed E-state index contributed by atoms with van der Waals surface area (Å²) in [6.45, 7) is 34.2. The SMILES string of the molecule is CCCOc1c2ccccc2c(OCCC)c2ccccc12.CCOc1c2ccccc2c(OCC)c2cc(C)c(C)cc12.CCOc1c2ccccc2c(OCC)c2cc(CC)ccc12.CCOc1c2ccccc2c(OCC)c2cc(Cl)ccc12.CCOc1c2ccccc2c(OCC)c2cc(Oc3ccccc3)ccc12.ClCCOc1c2ccccc2c(OCCCl)c2ccccc12.O.O. The van der Waals surface area contributed by atoms with Gasteiger partial charge in [0.25, 0.3) is 0 Å². The average Bonchev–Trinajstić information content (AvgIpc) is 0.744. The van der Waals surface area contributed by atoms with Crippen molar-refractivity contribution in [2.45, 2.75) is 109 Å². The van der Waals surface area contributed by atoms with Gasteiger partial charge in [0.2, 0.25) is 0 Å². The molecule has 0 aliphatic heterocycles. The highest BCUT2D eigenvalue weighted by Gasteiger charge is 2.24. The standard InChI is InChI=1S/C24H22O3.3C20H22O2.C18H16Cl2O2.C18H17ClO2.2H2O/c1-3-25-23-19-12-8-9-13-20(19)24(26-4-2)22-16-18(14-15-21(22)23)27-17-10-6-5-7-11-17;1-5-21-19-15-9-7-8-10-16(15)20(22-6-2)18-12-14(4)13(3)11-17(18)19;1-4-14-11-12-17-18(13-14)20(22-6-3)16-10-8-7-9-15(16)19(17)21-5-2;1-3-13-21-19-15-9-5-7-11-17(15)20(22-14-4-2)18-12-8-6-10-16(18)19;19-9-11-21-17-13-5-1-2-6-14(13)18(22-12-10-20)16-8-4-3-7-15(16)17;1-3-20-17-13-7-5-6-8-14(13)18(21-4-2)16-11-12(19)9-10-15(16)17;;/h5-16H,3-4H2,1-2H3;7-12H,5-6H2,1-4H3;7-13H,4-6H2,1-3H3;5-12H,3-4,13-14H2,1-2H3;1-8H,9-12H2;5-11H,3-4H2,1-2H3;2*1H2. The molecule has 138 heavy (non-hydrogen) atoms. The van der Waals surface area contributed by atoms with Crippen LogP contribution in [0.4, 0.5) is 0 Å². The summed E-state index contributed by atoms with van der Waals surface area (Å²) >= 11 is 17.8. The van der Waals surface area contributed by atoms with Gasteiger partial charge in [-0.1, -0.05) is 257 Å². The largest absolute Gasteiger partial charge is 0.493 e. The zero-order valence-electron chi connectivity index (χ0n) is 81.2.